The van der Waals surface area contributed by atoms with Gasteiger partial charge in [0, 0.05) is 31.6 Å². The van der Waals surface area contributed by atoms with Crippen molar-refractivity contribution in [3.8, 4) is 11.8 Å². The Balaban J connectivity index is 1.95. The molecule has 1 heterocycles. The van der Waals surface area contributed by atoms with Crippen molar-refractivity contribution in [3.05, 3.63) is 46.5 Å². The van der Waals surface area contributed by atoms with E-state index in [2.05, 4.69) is 32.5 Å². The number of aromatic nitrogens is 1. The Bertz CT molecular complexity index is 862. The van der Waals surface area contributed by atoms with Gasteiger partial charge in [0.25, 0.3) is 0 Å². The first-order chi connectivity index (χ1) is 13.3. The maximum Gasteiger partial charge on any atom is 0.416 e. The van der Waals surface area contributed by atoms with Crippen molar-refractivity contribution in [3.63, 3.8) is 0 Å². The van der Waals surface area contributed by atoms with Gasteiger partial charge in [-0.15, -0.1) is 11.3 Å². The average Bonchev–Trinajstić information content (AvgIpc) is 3.12. The predicted molar refractivity (Wildman–Crippen MR) is 108 cm³/mol. The average molecular weight is 409 g/mol. The van der Waals surface area contributed by atoms with Crippen LogP contribution < -0.4 is 15.5 Å². The molecule has 0 amide bonds. The highest BCUT2D eigenvalue weighted by Crippen LogP contribution is 2.29. The lowest BCUT2D eigenvalue weighted by molar-refractivity contribution is -0.137. The highest BCUT2D eigenvalue weighted by Gasteiger charge is 2.30. The number of nitrogens with one attached hydrogen (secondary N) is 2. The van der Waals surface area contributed by atoms with E-state index in [1.807, 2.05) is 31.3 Å². The number of aliphatic imine (C=N–C) groups is 1. The molecule has 0 saturated carbocycles. The number of alkyl halides is 3. The van der Waals surface area contributed by atoms with Gasteiger partial charge in [-0.3, -0.25) is 0 Å². The fourth-order valence-electron chi connectivity index (χ4n) is 2.12. The molecule has 0 radical (unpaired) electrons. The van der Waals surface area contributed by atoms with Crippen molar-refractivity contribution < 1.29 is 13.2 Å². The third kappa shape index (κ3) is 6.78. The molecule has 1 aromatic carbocycles. The highest BCUT2D eigenvalue weighted by molar-refractivity contribution is 7.13. The summed E-state index contributed by atoms with van der Waals surface area (Å²) in [6.07, 6.45) is -4.37. The van der Waals surface area contributed by atoms with Crippen molar-refractivity contribution in [2.45, 2.75) is 19.6 Å². The SMILES string of the molecule is CCNC(=NCc1csc(N(C)C)n1)NCC#Cc1cccc(C(F)(F)F)c1. The smallest absolute Gasteiger partial charge is 0.357 e. The molecule has 2 N–H and O–H groups in total. The third-order valence-electron chi connectivity index (χ3n) is 3.43. The van der Waals surface area contributed by atoms with Crippen LogP contribution in [0.3, 0.4) is 0 Å². The zero-order valence-corrected chi connectivity index (χ0v) is 16.7. The summed E-state index contributed by atoms with van der Waals surface area (Å²) < 4.78 is 38.2. The van der Waals surface area contributed by atoms with Gasteiger partial charge in [0.05, 0.1) is 24.3 Å². The van der Waals surface area contributed by atoms with Gasteiger partial charge in [0.1, 0.15) is 0 Å². The molecule has 0 fully saturated rings. The van der Waals surface area contributed by atoms with Crippen molar-refractivity contribution in [2.24, 2.45) is 4.99 Å². The minimum Gasteiger partial charge on any atom is -0.357 e. The largest absolute Gasteiger partial charge is 0.416 e. The molecule has 0 aliphatic rings. The van der Waals surface area contributed by atoms with Crippen molar-refractivity contribution in [2.75, 3.05) is 32.1 Å². The lowest BCUT2D eigenvalue weighted by Gasteiger charge is -2.08. The molecule has 0 unspecified atom stereocenters. The first-order valence-electron chi connectivity index (χ1n) is 8.59. The molecule has 0 spiro atoms. The second kappa shape index (κ2) is 9.99. The number of nitrogens with zero attached hydrogens (tertiary/aromatic N) is 3. The molecule has 0 aliphatic heterocycles. The molecule has 5 nitrogen and oxygen atoms in total. The van der Waals surface area contributed by atoms with Crippen LogP contribution in [0, 0.1) is 11.8 Å². The van der Waals surface area contributed by atoms with Gasteiger partial charge in [-0.05, 0) is 25.1 Å². The van der Waals surface area contributed by atoms with Crippen molar-refractivity contribution in [1.29, 1.82) is 0 Å². The zero-order chi connectivity index (χ0) is 20.6. The monoisotopic (exact) mass is 409 g/mol. The van der Waals surface area contributed by atoms with Crippen LogP contribution in [0.2, 0.25) is 0 Å². The fraction of sp³-hybridized carbons (Fsp3) is 0.368. The van der Waals surface area contributed by atoms with E-state index in [1.165, 1.54) is 6.07 Å². The Hall–Kier alpha value is -2.73. The summed E-state index contributed by atoms with van der Waals surface area (Å²) >= 11 is 1.55. The summed E-state index contributed by atoms with van der Waals surface area (Å²) in [5.41, 5.74) is 0.473. The molecule has 0 bridgehead atoms. The predicted octanol–water partition coefficient (Wildman–Crippen LogP) is 3.33. The first kappa shape index (κ1) is 21.6. The first-order valence-corrected chi connectivity index (χ1v) is 9.47. The Morgan fingerprint density at radius 3 is 2.71 bits per heavy atom. The third-order valence-corrected chi connectivity index (χ3v) is 4.49. The number of anilines is 1. The Kier molecular flexibility index (Phi) is 7.70. The number of hydrogen-bond donors (Lipinski definition) is 2. The summed E-state index contributed by atoms with van der Waals surface area (Å²) in [4.78, 5) is 10.9. The van der Waals surface area contributed by atoms with E-state index in [4.69, 9.17) is 0 Å². The van der Waals surface area contributed by atoms with Gasteiger partial charge < -0.3 is 15.5 Å². The fourth-order valence-corrected chi connectivity index (χ4v) is 2.87. The van der Waals surface area contributed by atoms with E-state index >= 15 is 0 Å². The number of guanidine groups is 1. The lowest BCUT2D eigenvalue weighted by Crippen LogP contribution is -2.37. The molecule has 0 saturated heterocycles. The number of rotatable bonds is 5. The van der Waals surface area contributed by atoms with Gasteiger partial charge in [0.2, 0.25) is 0 Å². The topological polar surface area (TPSA) is 52.6 Å². The van der Waals surface area contributed by atoms with Crippen LogP contribution >= 0.6 is 11.3 Å². The standard InChI is InChI=1S/C19H22F3N5S/c1-4-23-17(25-12-16-13-28-18(26-16)27(2)3)24-10-6-8-14-7-5-9-15(11-14)19(20,21)22/h5,7,9,11,13H,4,10,12H2,1-3H3,(H2,23,24,25). The summed E-state index contributed by atoms with van der Waals surface area (Å²) in [7, 11) is 3.86. The molecule has 9 heteroatoms. The minimum atomic E-state index is -4.37. The molecule has 28 heavy (non-hydrogen) atoms. The highest BCUT2D eigenvalue weighted by atomic mass is 32.1. The van der Waals surface area contributed by atoms with E-state index in [0.29, 0.717) is 24.6 Å². The lowest BCUT2D eigenvalue weighted by atomic mass is 10.1. The van der Waals surface area contributed by atoms with Crippen LogP contribution in [-0.4, -0.2) is 38.1 Å². The van der Waals surface area contributed by atoms with Crippen LogP contribution in [-0.2, 0) is 12.7 Å². The number of thiazole rings is 1. The molecule has 2 aromatic rings. The van der Waals surface area contributed by atoms with Crippen LogP contribution in [0.4, 0.5) is 18.3 Å². The van der Waals surface area contributed by atoms with Crippen LogP contribution in [0.25, 0.3) is 0 Å². The molecule has 150 valence electrons. The Morgan fingerprint density at radius 1 is 1.29 bits per heavy atom. The normalized spacial score (nSPS) is 11.6. The second-order valence-electron chi connectivity index (χ2n) is 5.94. The summed E-state index contributed by atoms with van der Waals surface area (Å²) in [5, 5.41) is 9.01. The van der Waals surface area contributed by atoms with Crippen molar-refractivity contribution >= 4 is 22.4 Å². The van der Waals surface area contributed by atoms with Gasteiger partial charge in [-0.25, -0.2) is 9.98 Å². The summed E-state index contributed by atoms with van der Waals surface area (Å²) in [6, 6.07) is 4.96. The maximum absolute atomic E-state index is 12.7. The van der Waals surface area contributed by atoms with E-state index in [-0.39, 0.29) is 6.54 Å². The van der Waals surface area contributed by atoms with Gasteiger partial charge in [-0.1, -0.05) is 17.9 Å². The Labute approximate surface area is 166 Å². The van der Waals surface area contributed by atoms with E-state index in [9.17, 15) is 13.2 Å². The second-order valence-corrected chi connectivity index (χ2v) is 6.78. The molecular weight excluding hydrogens is 387 g/mol. The maximum atomic E-state index is 12.7. The van der Waals surface area contributed by atoms with Crippen LogP contribution in [0.5, 0.6) is 0 Å². The number of halogens is 3. The number of hydrogen-bond acceptors (Lipinski definition) is 4. The summed E-state index contributed by atoms with van der Waals surface area (Å²) in [5.74, 6) is 6.12. The van der Waals surface area contributed by atoms with E-state index in [1.54, 1.807) is 17.4 Å². The number of benzene rings is 1. The summed E-state index contributed by atoms with van der Waals surface area (Å²) in [6.45, 7) is 3.29. The van der Waals surface area contributed by atoms with Gasteiger partial charge in [0.15, 0.2) is 11.1 Å². The van der Waals surface area contributed by atoms with Crippen molar-refractivity contribution in [1.82, 2.24) is 15.6 Å². The van der Waals surface area contributed by atoms with E-state index < -0.39 is 11.7 Å². The molecule has 0 atom stereocenters. The van der Waals surface area contributed by atoms with Crippen LogP contribution in [0.1, 0.15) is 23.7 Å². The molecule has 1 aromatic heterocycles. The zero-order valence-electron chi connectivity index (χ0n) is 15.9. The molecular formula is C19H22F3N5S. The minimum absolute atomic E-state index is 0.252. The molecule has 0 aliphatic carbocycles. The Morgan fingerprint density at radius 2 is 2.07 bits per heavy atom. The van der Waals surface area contributed by atoms with E-state index in [0.717, 1.165) is 23.0 Å². The quantitative estimate of drug-likeness (QED) is 0.452. The molecule has 2 rings (SSSR count). The van der Waals surface area contributed by atoms with Crippen LogP contribution in [0.15, 0.2) is 34.6 Å². The van der Waals surface area contributed by atoms with Gasteiger partial charge >= 0.3 is 6.18 Å². The van der Waals surface area contributed by atoms with Gasteiger partial charge in [-0.2, -0.15) is 13.2 Å².